The maximum absolute atomic E-state index is 12.0. The van der Waals surface area contributed by atoms with Gasteiger partial charge in [-0.1, -0.05) is 6.07 Å². The van der Waals surface area contributed by atoms with Crippen molar-refractivity contribution >= 4 is 17.1 Å². The minimum absolute atomic E-state index is 0.232. The van der Waals surface area contributed by atoms with E-state index in [1.165, 1.54) is 17.8 Å². The Kier molecular flexibility index (Phi) is 4.71. The van der Waals surface area contributed by atoms with E-state index in [0.29, 0.717) is 12.6 Å². The van der Waals surface area contributed by atoms with Gasteiger partial charge in [-0.05, 0) is 43.7 Å². The number of carbonyl (C=O) groups excluding carboxylic acids is 1. The van der Waals surface area contributed by atoms with Crippen molar-refractivity contribution in [3.05, 3.63) is 22.4 Å². The van der Waals surface area contributed by atoms with Crippen molar-refractivity contribution in [2.45, 2.75) is 31.7 Å². The fraction of sp³-hybridized carbons (Fsp3) is 0.615. The first kappa shape index (κ1) is 12.7. The summed E-state index contributed by atoms with van der Waals surface area (Å²) in [5.74, 6) is 0.232. The molecule has 94 valence electrons. The summed E-state index contributed by atoms with van der Waals surface area (Å²) in [6, 6.07) is 4.31. The molecule has 0 spiro atoms. The summed E-state index contributed by atoms with van der Waals surface area (Å²) in [5.41, 5.74) is 0. The van der Waals surface area contributed by atoms with Gasteiger partial charge in [0.1, 0.15) is 0 Å². The van der Waals surface area contributed by atoms with Crippen LogP contribution in [0.3, 0.4) is 0 Å². The number of likely N-dealkylation sites (tertiary alicyclic amines) is 1. The third-order valence-electron chi connectivity index (χ3n) is 3.34. The summed E-state index contributed by atoms with van der Waals surface area (Å²) in [4.78, 5) is 15.1. The molecule has 1 saturated heterocycles. The monoisotopic (exact) mass is 253 g/mol. The van der Waals surface area contributed by atoms with Gasteiger partial charge in [0.05, 0.1) is 11.4 Å². The maximum atomic E-state index is 12.0. The van der Waals surface area contributed by atoms with Crippen molar-refractivity contribution in [2.24, 2.45) is 0 Å². The fourth-order valence-corrected chi connectivity index (χ4v) is 3.11. The van der Waals surface area contributed by atoms with Crippen LogP contribution in [-0.4, -0.2) is 41.5 Å². The molecule has 2 heterocycles. The Bertz CT molecular complexity index is 350. The molecule has 1 aromatic rings. The number of thiophene rings is 1. The van der Waals surface area contributed by atoms with Gasteiger partial charge in [0.15, 0.2) is 5.78 Å². The quantitative estimate of drug-likeness (QED) is 0.790. The molecule has 0 bridgehead atoms. The highest BCUT2D eigenvalue weighted by Crippen LogP contribution is 2.22. The highest BCUT2D eigenvalue weighted by atomic mass is 32.1. The molecule has 1 aromatic heterocycles. The third kappa shape index (κ3) is 3.37. The second-order valence-corrected chi connectivity index (χ2v) is 5.48. The summed E-state index contributed by atoms with van der Waals surface area (Å²) in [5, 5.41) is 10.8. The minimum atomic E-state index is 0.232. The van der Waals surface area contributed by atoms with Crippen LogP contribution in [0.15, 0.2) is 17.5 Å². The first-order valence-corrected chi connectivity index (χ1v) is 7.11. The molecule has 17 heavy (non-hydrogen) atoms. The normalized spacial score (nSPS) is 20.9. The second-order valence-electron chi connectivity index (χ2n) is 4.53. The van der Waals surface area contributed by atoms with Crippen molar-refractivity contribution < 1.29 is 9.90 Å². The van der Waals surface area contributed by atoms with E-state index in [9.17, 15) is 4.79 Å². The van der Waals surface area contributed by atoms with Gasteiger partial charge >= 0.3 is 0 Å². The number of aliphatic hydroxyl groups is 1. The Labute approximate surface area is 106 Å². The zero-order valence-electron chi connectivity index (χ0n) is 9.97. The lowest BCUT2D eigenvalue weighted by Crippen LogP contribution is -2.34. The number of hydrogen-bond donors (Lipinski definition) is 1. The van der Waals surface area contributed by atoms with E-state index in [-0.39, 0.29) is 12.4 Å². The SMILES string of the molecule is O=C(CN1CCCC1CCCO)c1cccs1. The molecule has 2 rings (SSSR count). The van der Waals surface area contributed by atoms with Gasteiger partial charge in [0.25, 0.3) is 0 Å². The smallest absolute Gasteiger partial charge is 0.186 e. The maximum Gasteiger partial charge on any atom is 0.186 e. The van der Waals surface area contributed by atoms with Crippen molar-refractivity contribution in [1.82, 2.24) is 4.90 Å². The molecule has 0 aromatic carbocycles. The Morgan fingerprint density at radius 1 is 1.59 bits per heavy atom. The second kappa shape index (κ2) is 6.28. The van der Waals surface area contributed by atoms with Crippen molar-refractivity contribution in [1.29, 1.82) is 0 Å². The van der Waals surface area contributed by atoms with E-state index in [2.05, 4.69) is 4.90 Å². The molecule has 4 heteroatoms. The van der Waals surface area contributed by atoms with Crippen LogP contribution in [0.5, 0.6) is 0 Å². The van der Waals surface area contributed by atoms with Crippen LogP contribution in [0, 0.1) is 0 Å². The van der Waals surface area contributed by atoms with Crippen molar-refractivity contribution in [3.8, 4) is 0 Å². The molecule has 0 saturated carbocycles. The summed E-state index contributed by atoms with van der Waals surface area (Å²) < 4.78 is 0. The minimum Gasteiger partial charge on any atom is -0.396 e. The molecule has 1 fully saturated rings. The van der Waals surface area contributed by atoms with Crippen LogP contribution >= 0.6 is 11.3 Å². The number of hydrogen-bond acceptors (Lipinski definition) is 4. The zero-order chi connectivity index (χ0) is 12.1. The lowest BCUT2D eigenvalue weighted by atomic mass is 10.1. The average molecular weight is 253 g/mol. The third-order valence-corrected chi connectivity index (χ3v) is 4.25. The highest BCUT2D eigenvalue weighted by Gasteiger charge is 2.26. The first-order valence-electron chi connectivity index (χ1n) is 6.23. The molecular weight excluding hydrogens is 234 g/mol. The highest BCUT2D eigenvalue weighted by molar-refractivity contribution is 7.12. The summed E-state index contributed by atoms with van der Waals surface area (Å²) in [6.45, 7) is 1.81. The van der Waals surface area contributed by atoms with Gasteiger partial charge < -0.3 is 5.11 Å². The predicted octanol–water partition coefficient (Wildman–Crippen LogP) is 2.17. The van der Waals surface area contributed by atoms with Gasteiger partial charge in [-0.2, -0.15) is 0 Å². The van der Waals surface area contributed by atoms with Crippen LogP contribution < -0.4 is 0 Å². The van der Waals surface area contributed by atoms with Crippen LogP contribution in [-0.2, 0) is 0 Å². The standard InChI is InChI=1S/C13H19NO2S/c15-8-2-5-11-4-1-7-14(11)10-12(16)13-6-3-9-17-13/h3,6,9,11,15H,1-2,4-5,7-8,10H2. The van der Waals surface area contributed by atoms with Crippen molar-refractivity contribution in [2.75, 3.05) is 19.7 Å². The largest absolute Gasteiger partial charge is 0.396 e. The zero-order valence-corrected chi connectivity index (χ0v) is 10.8. The van der Waals surface area contributed by atoms with Crippen LogP contribution in [0.4, 0.5) is 0 Å². The Hall–Kier alpha value is -0.710. The van der Waals surface area contributed by atoms with Crippen LogP contribution in [0.25, 0.3) is 0 Å². The average Bonchev–Trinajstić information content (AvgIpc) is 2.97. The van der Waals surface area contributed by atoms with E-state index in [4.69, 9.17) is 5.11 Å². The molecule has 1 aliphatic rings. The van der Waals surface area contributed by atoms with E-state index in [0.717, 1.165) is 30.7 Å². The Morgan fingerprint density at radius 3 is 3.18 bits per heavy atom. The molecule has 1 aliphatic heterocycles. The van der Waals surface area contributed by atoms with Crippen molar-refractivity contribution in [3.63, 3.8) is 0 Å². The number of ketones is 1. The molecule has 0 amide bonds. The van der Waals surface area contributed by atoms with E-state index >= 15 is 0 Å². The first-order chi connectivity index (χ1) is 8.31. The molecule has 3 nitrogen and oxygen atoms in total. The van der Waals surface area contributed by atoms with Crippen LogP contribution in [0.2, 0.25) is 0 Å². The lowest BCUT2D eigenvalue weighted by molar-refractivity contribution is 0.0920. The molecule has 0 aliphatic carbocycles. The summed E-state index contributed by atoms with van der Waals surface area (Å²) in [6.07, 6.45) is 4.19. The lowest BCUT2D eigenvalue weighted by Gasteiger charge is -2.23. The molecule has 1 unspecified atom stereocenters. The van der Waals surface area contributed by atoms with Gasteiger partial charge in [-0.3, -0.25) is 9.69 Å². The Balaban J connectivity index is 1.87. The van der Waals surface area contributed by atoms with E-state index in [1.54, 1.807) is 0 Å². The molecule has 1 N–H and O–H groups in total. The summed E-state index contributed by atoms with van der Waals surface area (Å²) in [7, 11) is 0. The fourth-order valence-electron chi connectivity index (χ4n) is 2.46. The number of rotatable bonds is 6. The molecular formula is C13H19NO2S. The molecule has 1 atom stereocenters. The predicted molar refractivity (Wildman–Crippen MR) is 69.6 cm³/mol. The number of carbonyl (C=O) groups is 1. The summed E-state index contributed by atoms with van der Waals surface area (Å²) >= 11 is 1.52. The van der Waals surface area contributed by atoms with Gasteiger partial charge in [0.2, 0.25) is 0 Å². The number of nitrogens with zero attached hydrogens (tertiary/aromatic N) is 1. The van der Waals surface area contributed by atoms with Gasteiger partial charge in [-0.15, -0.1) is 11.3 Å². The van der Waals surface area contributed by atoms with Gasteiger partial charge in [0, 0.05) is 12.6 Å². The van der Waals surface area contributed by atoms with E-state index in [1.807, 2.05) is 17.5 Å². The van der Waals surface area contributed by atoms with E-state index < -0.39 is 0 Å². The molecule has 0 radical (unpaired) electrons. The Morgan fingerprint density at radius 2 is 2.47 bits per heavy atom. The van der Waals surface area contributed by atoms with Crippen LogP contribution in [0.1, 0.15) is 35.4 Å². The topological polar surface area (TPSA) is 40.5 Å². The number of Topliss-reactive ketones (excluding diaryl/α,β-unsaturated/α-hetero) is 1. The number of aliphatic hydroxyl groups excluding tert-OH is 1. The van der Waals surface area contributed by atoms with Gasteiger partial charge in [-0.25, -0.2) is 0 Å².